The number of ether oxygens (including phenoxy) is 1. The second kappa shape index (κ2) is 8.10. The van der Waals surface area contributed by atoms with Gasteiger partial charge in [0.25, 0.3) is 0 Å². The summed E-state index contributed by atoms with van der Waals surface area (Å²) >= 11 is 1.80. The van der Waals surface area contributed by atoms with Crippen molar-refractivity contribution >= 4 is 41.7 Å². The van der Waals surface area contributed by atoms with Gasteiger partial charge in [0, 0.05) is 30.9 Å². The zero-order valence-electron chi connectivity index (χ0n) is 14.9. The van der Waals surface area contributed by atoms with E-state index in [9.17, 15) is 5.11 Å². The van der Waals surface area contributed by atoms with Gasteiger partial charge in [-0.3, -0.25) is 4.99 Å². The summed E-state index contributed by atoms with van der Waals surface area (Å²) in [6, 6.07) is 0.322. The lowest BCUT2D eigenvalue weighted by molar-refractivity contribution is -0.176. The van der Waals surface area contributed by atoms with Crippen LogP contribution in [0.1, 0.15) is 40.5 Å². The van der Waals surface area contributed by atoms with E-state index in [1.807, 2.05) is 0 Å². The van der Waals surface area contributed by atoms with Crippen LogP contribution < -0.4 is 10.6 Å². The topological polar surface area (TPSA) is 65.9 Å². The number of thioether (sulfide) groups is 1. The first-order chi connectivity index (χ1) is 10.3. The van der Waals surface area contributed by atoms with Gasteiger partial charge in [-0.25, -0.2) is 0 Å². The van der Waals surface area contributed by atoms with Crippen molar-refractivity contribution in [1.82, 2.24) is 10.6 Å². The molecule has 23 heavy (non-hydrogen) atoms. The lowest BCUT2D eigenvalue weighted by atomic mass is 9.56. The molecular formula is C16H32IN3O2S. The predicted octanol–water partition coefficient (Wildman–Crippen LogP) is 2.23. The highest BCUT2D eigenvalue weighted by Gasteiger charge is 2.58. The van der Waals surface area contributed by atoms with Crippen LogP contribution in [-0.2, 0) is 4.74 Å². The van der Waals surface area contributed by atoms with Gasteiger partial charge < -0.3 is 20.5 Å². The SMILES string of the molecule is CCNC(=NCC1(O)CCSC1)NC1CC(C)(OC)C1(C)C.I. The van der Waals surface area contributed by atoms with Crippen LogP contribution in [0.2, 0.25) is 0 Å². The number of rotatable bonds is 5. The number of hydrogen-bond donors (Lipinski definition) is 3. The number of methoxy groups -OCH3 is 1. The molecule has 1 heterocycles. The third kappa shape index (κ3) is 4.46. The van der Waals surface area contributed by atoms with Gasteiger partial charge in [-0.2, -0.15) is 11.8 Å². The van der Waals surface area contributed by atoms with Crippen LogP contribution in [0, 0.1) is 5.41 Å². The Labute approximate surface area is 161 Å². The van der Waals surface area contributed by atoms with Crippen molar-refractivity contribution in [2.24, 2.45) is 10.4 Å². The Bertz CT molecular complexity index is 428. The van der Waals surface area contributed by atoms with Crippen LogP contribution in [0.3, 0.4) is 0 Å². The summed E-state index contributed by atoms with van der Waals surface area (Å²) in [5.41, 5.74) is -0.691. The van der Waals surface area contributed by atoms with E-state index in [0.717, 1.165) is 36.9 Å². The van der Waals surface area contributed by atoms with Crippen LogP contribution in [0.15, 0.2) is 4.99 Å². The number of aliphatic imine (C=N–C) groups is 1. The van der Waals surface area contributed by atoms with Crippen molar-refractivity contribution in [2.45, 2.75) is 57.8 Å². The third-order valence-corrected chi connectivity index (χ3v) is 6.78. The van der Waals surface area contributed by atoms with E-state index in [1.54, 1.807) is 18.9 Å². The zero-order chi connectivity index (χ0) is 16.4. The van der Waals surface area contributed by atoms with Gasteiger partial charge >= 0.3 is 0 Å². The molecule has 2 aliphatic rings. The first-order valence-electron chi connectivity index (χ1n) is 8.16. The van der Waals surface area contributed by atoms with Crippen LogP contribution in [0.25, 0.3) is 0 Å². The zero-order valence-corrected chi connectivity index (χ0v) is 18.1. The summed E-state index contributed by atoms with van der Waals surface area (Å²) in [6.45, 7) is 9.94. The number of nitrogens with one attached hydrogen (secondary N) is 2. The number of halogens is 1. The van der Waals surface area contributed by atoms with E-state index in [4.69, 9.17) is 4.74 Å². The molecule has 1 saturated carbocycles. The second-order valence-electron chi connectivity index (χ2n) is 7.28. The highest BCUT2D eigenvalue weighted by molar-refractivity contribution is 14.0. The summed E-state index contributed by atoms with van der Waals surface area (Å²) in [4.78, 5) is 4.62. The van der Waals surface area contributed by atoms with Crippen molar-refractivity contribution < 1.29 is 9.84 Å². The van der Waals surface area contributed by atoms with E-state index in [0.29, 0.717) is 12.6 Å². The van der Waals surface area contributed by atoms with Gasteiger partial charge in [0.1, 0.15) is 0 Å². The van der Waals surface area contributed by atoms with Crippen molar-refractivity contribution in [1.29, 1.82) is 0 Å². The van der Waals surface area contributed by atoms with E-state index in [2.05, 4.69) is 43.3 Å². The molecule has 1 aliphatic carbocycles. The Morgan fingerprint density at radius 1 is 1.39 bits per heavy atom. The lowest BCUT2D eigenvalue weighted by Crippen LogP contribution is -2.69. The highest BCUT2D eigenvalue weighted by Crippen LogP contribution is 2.51. The van der Waals surface area contributed by atoms with Crippen LogP contribution in [0.4, 0.5) is 0 Å². The summed E-state index contributed by atoms with van der Waals surface area (Å²) in [5, 5.41) is 17.2. The van der Waals surface area contributed by atoms with Crippen molar-refractivity contribution in [3.05, 3.63) is 0 Å². The molecule has 0 aromatic heterocycles. The van der Waals surface area contributed by atoms with Gasteiger partial charge in [-0.1, -0.05) is 13.8 Å². The fraction of sp³-hybridized carbons (Fsp3) is 0.938. The molecule has 3 atom stereocenters. The molecule has 2 rings (SSSR count). The van der Waals surface area contributed by atoms with Crippen molar-refractivity contribution in [2.75, 3.05) is 31.7 Å². The van der Waals surface area contributed by atoms with Gasteiger partial charge in [-0.05, 0) is 32.4 Å². The minimum Gasteiger partial charge on any atom is -0.387 e. The Kier molecular flexibility index (Phi) is 7.51. The minimum absolute atomic E-state index is 0. The maximum atomic E-state index is 10.4. The van der Waals surface area contributed by atoms with Crippen molar-refractivity contribution in [3.8, 4) is 0 Å². The summed E-state index contributed by atoms with van der Waals surface area (Å²) in [6.07, 6.45) is 1.79. The molecule has 136 valence electrons. The Morgan fingerprint density at radius 2 is 2.09 bits per heavy atom. The van der Waals surface area contributed by atoms with Gasteiger partial charge in [0.05, 0.1) is 17.7 Å². The third-order valence-electron chi connectivity index (χ3n) is 5.55. The molecule has 1 saturated heterocycles. The monoisotopic (exact) mass is 457 g/mol. The maximum Gasteiger partial charge on any atom is 0.191 e. The van der Waals surface area contributed by atoms with E-state index in [1.165, 1.54) is 0 Å². The molecule has 0 aromatic rings. The summed E-state index contributed by atoms with van der Waals surface area (Å²) in [5.74, 6) is 2.61. The number of guanidine groups is 1. The number of aliphatic hydroxyl groups is 1. The molecular weight excluding hydrogens is 425 g/mol. The average Bonchev–Trinajstić information content (AvgIpc) is 2.91. The molecule has 0 spiro atoms. The first kappa shape index (κ1) is 21.3. The maximum absolute atomic E-state index is 10.4. The van der Waals surface area contributed by atoms with Gasteiger partial charge in [-0.15, -0.1) is 24.0 Å². The highest BCUT2D eigenvalue weighted by atomic mass is 127. The van der Waals surface area contributed by atoms with Crippen molar-refractivity contribution in [3.63, 3.8) is 0 Å². The molecule has 0 amide bonds. The molecule has 0 radical (unpaired) electrons. The molecule has 3 unspecified atom stereocenters. The molecule has 2 fully saturated rings. The normalized spacial score (nSPS) is 36.1. The van der Waals surface area contributed by atoms with Gasteiger partial charge in [0.15, 0.2) is 5.96 Å². The smallest absolute Gasteiger partial charge is 0.191 e. The summed E-state index contributed by atoms with van der Waals surface area (Å²) < 4.78 is 5.67. The Balaban J connectivity index is 0.00000264. The standard InChI is InChI=1S/C16H31N3O2S.HI/c1-6-17-13(18-10-16(20)7-8-22-11-16)19-12-9-15(4,21-5)14(12,2)3;/h12,20H,6-11H2,1-5H3,(H2,17,18,19);1H. The molecule has 0 aromatic carbocycles. The van der Waals surface area contributed by atoms with E-state index < -0.39 is 5.60 Å². The number of nitrogens with zero attached hydrogens (tertiary/aromatic N) is 1. The predicted molar refractivity (Wildman–Crippen MR) is 109 cm³/mol. The van der Waals surface area contributed by atoms with Gasteiger partial charge in [0.2, 0.25) is 0 Å². The first-order valence-corrected chi connectivity index (χ1v) is 9.32. The minimum atomic E-state index is -0.636. The lowest BCUT2D eigenvalue weighted by Gasteiger charge is -2.59. The molecule has 3 N–H and O–H groups in total. The van der Waals surface area contributed by atoms with E-state index >= 15 is 0 Å². The molecule has 1 aliphatic heterocycles. The van der Waals surface area contributed by atoms with Crippen LogP contribution in [0.5, 0.6) is 0 Å². The molecule has 5 nitrogen and oxygen atoms in total. The molecule has 7 heteroatoms. The fourth-order valence-corrected chi connectivity index (χ4v) is 4.44. The quantitative estimate of drug-likeness (QED) is 0.336. The molecule has 0 bridgehead atoms. The second-order valence-corrected chi connectivity index (χ2v) is 8.38. The Morgan fingerprint density at radius 3 is 2.57 bits per heavy atom. The van der Waals surface area contributed by atoms with Crippen LogP contribution >= 0.6 is 35.7 Å². The number of hydrogen-bond acceptors (Lipinski definition) is 4. The Hall–Kier alpha value is 0.270. The largest absolute Gasteiger partial charge is 0.387 e. The fourth-order valence-electron chi connectivity index (χ4n) is 3.16. The summed E-state index contributed by atoms with van der Waals surface area (Å²) in [7, 11) is 1.78. The van der Waals surface area contributed by atoms with E-state index in [-0.39, 0.29) is 35.0 Å². The van der Waals surface area contributed by atoms with Crippen LogP contribution in [-0.4, -0.2) is 60.0 Å². The average molecular weight is 457 g/mol.